The number of para-hydroxylation sites is 2. The molecule has 11 nitrogen and oxygen atoms in total. The summed E-state index contributed by atoms with van der Waals surface area (Å²) in [5.41, 5.74) is 2.22. The minimum absolute atomic E-state index is 0.0304. The second-order valence-electron chi connectivity index (χ2n) is 10.7. The molecule has 12 heteroatoms. The molecule has 4 aromatic carbocycles. The van der Waals surface area contributed by atoms with Crippen LogP contribution in [0.15, 0.2) is 83.3 Å². The molecule has 2 atom stereocenters. The first-order valence-electron chi connectivity index (χ1n) is 14.3. The van der Waals surface area contributed by atoms with Crippen LogP contribution >= 0.6 is 15.9 Å². The van der Waals surface area contributed by atoms with Gasteiger partial charge in [-0.3, -0.25) is 19.3 Å². The smallest absolute Gasteiger partial charge is 0.407 e. The normalized spacial score (nSPS) is 14.9. The Morgan fingerprint density at radius 3 is 2.39 bits per heavy atom. The highest BCUT2D eigenvalue weighted by molar-refractivity contribution is 9.10. The fraction of sp³-hybridized carbons (Fsp3) is 0.206. The molecular weight excluding hydrogens is 654 g/mol. The summed E-state index contributed by atoms with van der Waals surface area (Å²) in [6.07, 6.45) is -1.31. The SMILES string of the molecule is COc1ccc2c(Br)cccc2c1CN1C(=O)[C@@H](NC(=O)[C@H](C)N(C)C(=O)O)CN(C(=O)c2ccc(C#N)cc2)c2ccccc21. The maximum atomic E-state index is 14.5. The van der Waals surface area contributed by atoms with Crippen molar-refractivity contribution in [3.63, 3.8) is 0 Å². The molecule has 0 aromatic heterocycles. The van der Waals surface area contributed by atoms with E-state index >= 15 is 0 Å². The van der Waals surface area contributed by atoms with Crippen LogP contribution in [0.25, 0.3) is 10.8 Å². The van der Waals surface area contributed by atoms with Gasteiger partial charge in [0.25, 0.3) is 11.8 Å². The highest BCUT2D eigenvalue weighted by Gasteiger charge is 2.38. The third-order valence-corrected chi connectivity index (χ3v) is 8.78. The molecule has 0 radical (unpaired) electrons. The van der Waals surface area contributed by atoms with Gasteiger partial charge in [-0.05, 0) is 72.3 Å². The zero-order valence-corrected chi connectivity index (χ0v) is 26.8. The van der Waals surface area contributed by atoms with Crippen LogP contribution in [0.4, 0.5) is 16.2 Å². The number of hydrogen-bond acceptors (Lipinski definition) is 6. The molecule has 1 aliphatic heterocycles. The van der Waals surface area contributed by atoms with E-state index in [1.54, 1.807) is 31.4 Å². The maximum absolute atomic E-state index is 14.5. The molecule has 234 valence electrons. The molecule has 1 heterocycles. The van der Waals surface area contributed by atoms with E-state index in [-0.39, 0.29) is 18.7 Å². The van der Waals surface area contributed by atoms with Crippen molar-refractivity contribution in [2.45, 2.75) is 25.6 Å². The molecular formula is C34H30BrN5O6. The number of nitriles is 1. The number of methoxy groups -OCH3 is 1. The van der Waals surface area contributed by atoms with Gasteiger partial charge in [0.1, 0.15) is 17.8 Å². The van der Waals surface area contributed by atoms with Crippen molar-refractivity contribution in [1.82, 2.24) is 10.2 Å². The Bertz CT molecular complexity index is 1890. The van der Waals surface area contributed by atoms with Crippen LogP contribution in [-0.4, -0.2) is 66.6 Å². The van der Waals surface area contributed by atoms with Crippen molar-refractivity contribution in [2.75, 3.05) is 30.5 Å². The number of halogens is 1. The number of carboxylic acid groups (broad SMARTS) is 1. The molecule has 46 heavy (non-hydrogen) atoms. The Morgan fingerprint density at radius 1 is 1.04 bits per heavy atom. The topological polar surface area (TPSA) is 143 Å². The molecule has 4 aromatic rings. The second kappa shape index (κ2) is 13.3. The molecule has 0 saturated carbocycles. The minimum atomic E-state index is -1.31. The Kier molecular flexibility index (Phi) is 9.25. The van der Waals surface area contributed by atoms with Gasteiger partial charge in [-0.15, -0.1) is 0 Å². The standard InChI is InChI=1S/C34H30BrN5O6/c1-20(38(2)34(44)45)31(41)37-27-19-40(32(42)22-13-11-21(17-36)12-14-22)29-10-5-4-9-28(29)39(33(27)43)18-25-23-7-6-8-26(35)24(23)15-16-30(25)46-3/h4-16,20,27H,18-19H2,1-3H3,(H,37,41)(H,44,45)/t20-,27-/m0/s1. The monoisotopic (exact) mass is 683 g/mol. The van der Waals surface area contributed by atoms with Crippen molar-refractivity contribution >= 4 is 61.9 Å². The Morgan fingerprint density at radius 2 is 1.74 bits per heavy atom. The summed E-state index contributed by atoms with van der Waals surface area (Å²) in [5.74, 6) is -1.11. The average Bonchev–Trinajstić information content (AvgIpc) is 3.18. The van der Waals surface area contributed by atoms with Crippen molar-refractivity contribution in [3.8, 4) is 11.8 Å². The van der Waals surface area contributed by atoms with E-state index in [9.17, 15) is 29.5 Å². The number of anilines is 2. The summed E-state index contributed by atoms with van der Waals surface area (Å²) in [4.78, 5) is 57.3. The van der Waals surface area contributed by atoms with Crippen LogP contribution in [-0.2, 0) is 16.1 Å². The quantitative estimate of drug-likeness (QED) is 0.274. The fourth-order valence-electron chi connectivity index (χ4n) is 5.40. The summed E-state index contributed by atoms with van der Waals surface area (Å²) < 4.78 is 6.58. The molecule has 2 N–H and O–H groups in total. The lowest BCUT2D eigenvalue weighted by atomic mass is 10.0. The van der Waals surface area contributed by atoms with Gasteiger partial charge >= 0.3 is 6.09 Å². The molecule has 0 saturated heterocycles. The number of carbonyl (C=O) groups excluding carboxylic acids is 3. The van der Waals surface area contributed by atoms with E-state index in [4.69, 9.17) is 4.74 Å². The van der Waals surface area contributed by atoms with E-state index in [1.807, 2.05) is 36.4 Å². The Labute approximate surface area is 273 Å². The van der Waals surface area contributed by atoms with Gasteiger partial charge in [-0.2, -0.15) is 5.26 Å². The lowest BCUT2D eigenvalue weighted by Crippen LogP contribution is -2.56. The number of rotatable bonds is 7. The Balaban J connectivity index is 1.64. The van der Waals surface area contributed by atoms with E-state index in [1.165, 1.54) is 48.0 Å². The van der Waals surface area contributed by atoms with Crippen LogP contribution < -0.4 is 19.9 Å². The number of nitrogens with zero attached hydrogens (tertiary/aromatic N) is 4. The highest BCUT2D eigenvalue weighted by Crippen LogP contribution is 2.38. The van der Waals surface area contributed by atoms with Crippen LogP contribution in [0.2, 0.25) is 0 Å². The number of benzene rings is 4. The lowest BCUT2D eigenvalue weighted by molar-refractivity contribution is -0.129. The van der Waals surface area contributed by atoms with E-state index in [0.29, 0.717) is 28.3 Å². The Hall–Kier alpha value is -5.41. The third kappa shape index (κ3) is 6.09. The van der Waals surface area contributed by atoms with E-state index < -0.39 is 35.9 Å². The minimum Gasteiger partial charge on any atom is -0.496 e. The highest BCUT2D eigenvalue weighted by atomic mass is 79.9. The molecule has 0 unspecified atom stereocenters. The number of nitrogens with one attached hydrogen (secondary N) is 1. The lowest BCUT2D eigenvalue weighted by Gasteiger charge is -2.28. The van der Waals surface area contributed by atoms with Crippen molar-refractivity contribution in [1.29, 1.82) is 5.26 Å². The van der Waals surface area contributed by atoms with Gasteiger partial charge in [-0.1, -0.05) is 40.2 Å². The summed E-state index contributed by atoms with van der Waals surface area (Å²) in [5, 5.41) is 23.1. The van der Waals surface area contributed by atoms with Gasteiger partial charge in [0.2, 0.25) is 5.91 Å². The van der Waals surface area contributed by atoms with E-state index in [2.05, 4.69) is 21.2 Å². The van der Waals surface area contributed by atoms with Gasteiger partial charge in [0.05, 0.1) is 43.2 Å². The summed E-state index contributed by atoms with van der Waals surface area (Å²) >= 11 is 3.60. The first-order valence-corrected chi connectivity index (χ1v) is 15.1. The number of amides is 4. The first kappa shape index (κ1) is 32.0. The van der Waals surface area contributed by atoms with Gasteiger partial charge in [0.15, 0.2) is 0 Å². The third-order valence-electron chi connectivity index (χ3n) is 8.09. The number of ether oxygens (including phenoxy) is 1. The predicted octanol–water partition coefficient (Wildman–Crippen LogP) is 5.16. The average molecular weight is 685 g/mol. The van der Waals surface area contributed by atoms with E-state index in [0.717, 1.165) is 20.1 Å². The largest absolute Gasteiger partial charge is 0.496 e. The van der Waals surface area contributed by atoms with Crippen molar-refractivity contribution in [3.05, 3.63) is 100 Å². The number of hydrogen-bond donors (Lipinski definition) is 2. The zero-order chi connectivity index (χ0) is 33.1. The second-order valence-corrected chi connectivity index (χ2v) is 11.6. The molecule has 5 rings (SSSR count). The van der Waals surface area contributed by atoms with Crippen LogP contribution in [0, 0.1) is 11.3 Å². The van der Waals surface area contributed by atoms with Gasteiger partial charge in [-0.25, -0.2) is 4.79 Å². The zero-order valence-electron chi connectivity index (χ0n) is 25.2. The van der Waals surface area contributed by atoms with Gasteiger partial charge in [0, 0.05) is 22.6 Å². The predicted molar refractivity (Wildman–Crippen MR) is 176 cm³/mol. The maximum Gasteiger partial charge on any atom is 0.407 e. The van der Waals surface area contributed by atoms with Crippen LogP contribution in [0.5, 0.6) is 5.75 Å². The molecule has 0 spiro atoms. The summed E-state index contributed by atoms with van der Waals surface area (Å²) in [7, 11) is 2.80. The van der Waals surface area contributed by atoms with Crippen LogP contribution in [0.3, 0.4) is 0 Å². The van der Waals surface area contributed by atoms with Crippen molar-refractivity contribution in [2.24, 2.45) is 0 Å². The fourth-order valence-corrected chi connectivity index (χ4v) is 5.90. The van der Waals surface area contributed by atoms with Gasteiger partial charge < -0.3 is 25.0 Å². The number of carbonyl (C=O) groups is 4. The summed E-state index contributed by atoms with van der Waals surface area (Å²) in [6.45, 7) is 1.21. The van der Waals surface area contributed by atoms with Crippen molar-refractivity contribution < 1.29 is 29.0 Å². The van der Waals surface area contributed by atoms with Crippen LogP contribution in [0.1, 0.15) is 28.4 Å². The molecule has 0 bridgehead atoms. The molecule has 4 amide bonds. The number of likely N-dealkylation sites (N-methyl/N-ethyl adjacent to an activating group) is 1. The molecule has 0 aliphatic carbocycles. The first-order chi connectivity index (χ1) is 22.0. The number of fused-ring (bicyclic) bond motifs is 2. The molecule has 0 fully saturated rings. The molecule has 1 aliphatic rings. The summed E-state index contributed by atoms with van der Waals surface area (Å²) in [6, 6.07) is 22.2.